The van der Waals surface area contributed by atoms with E-state index in [1.807, 2.05) is 0 Å². The molecule has 0 aliphatic carbocycles. The second-order valence-electron chi connectivity index (χ2n) is 4.49. The molecular formula is C12H15ClO4. The van der Waals surface area contributed by atoms with Crippen LogP contribution < -0.4 is 4.74 Å². The summed E-state index contributed by atoms with van der Waals surface area (Å²) >= 11 is 5.66. The summed E-state index contributed by atoms with van der Waals surface area (Å²) in [5, 5.41) is 9.87. The van der Waals surface area contributed by atoms with Crippen LogP contribution in [0.5, 0.6) is 11.5 Å². The van der Waals surface area contributed by atoms with E-state index in [0.29, 0.717) is 5.02 Å². The van der Waals surface area contributed by atoms with Gasteiger partial charge >= 0.3 is 5.97 Å². The molecule has 5 heteroatoms. The van der Waals surface area contributed by atoms with Crippen molar-refractivity contribution in [2.75, 3.05) is 6.61 Å². The molecule has 0 atom stereocenters. The van der Waals surface area contributed by atoms with Crippen molar-refractivity contribution in [2.24, 2.45) is 0 Å². The first-order chi connectivity index (χ1) is 7.78. The molecule has 0 amide bonds. The number of hydrogen-bond donors (Lipinski definition) is 1. The Morgan fingerprint density at radius 2 is 2.06 bits per heavy atom. The van der Waals surface area contributed by atoms with Crippen LogP contribution in [0, 0.1) is 0 Å². The molecule has 0 heterocycles. The number of halogens is 1. The summed E-state index contributed by atoms with van der Waals surface area (Å²) in [6.45, 7) is 5.05. The zero-order chi connectivity index (χ0) is 13.1. The number of esters is 1. The summed E-state index contributed by atoms with van der Waals surface area (Å²) < 4.78 is 10.2. The summed E-state index contributed by atoms with van der Waals surface area (Å²) in [4.78, 5) is 11.4. The van der Waals surface area contributed by atoms with Crippen molar-refractivity contribution in [2.45, 2.75) is 26.4 Å². The molecule has 1 aromatic rings. The molecule has 0 aromatic heterocycles. The fraction of sp³-hybridized carbons (Fsp3) is 0.417. The Kier molecular flexibility index (Phi) is 4.23. The topological polar surface area (TPSA) is 55.8 Å². The first-order valence-corrected chi connectivity index (χ1v) is 5.49. The van der Waals surface area contributed by atoms with E-state index in [9.17, 15) is 9.90 Å². The van der Waals surface area contributed by atoms with Crippen LogP contribution in [0.4, 0.5) is 0 Å². The highest BCUT2D eigenvalue weighted by molar-refractivity contribution is 6.30. The summed E-state index contributed by atoms with van der Waals surface area (Å²) in [5.74, 6) is -0.409. The van der Waals surface area contributed by atoms with E-state index in [1.165, 1.54) is 12.1 Å². The van der Waals surface area contributed by atoms with Gasteiger partial charge < -0.3 is 14.6 Å². The number of hydrogen-bond acceptors (Lipinski definition) is 4. The Morgan fingerprint density at radius 3 is 2.59 bits per heavy atom. The van der Waals surface area contributed by atoms with Gasteiger partial charge in [0.2, 0.25) is 0 Å². The van der Waals surface area contributed by atoms with Crippen LogP contribution in [0.3, 0.4) is 0 Å². The number of aromatic hydroxyl groups is 1. The van der Waals surface area contributed by atoms with E-state index in [-0.39, 0.29) is 18.1 Å². The third kappa shape index (κ3) is 4.95. The van der Waals surface area contributed by atoms with Gasteiger partial charge in [0.1, 0.15) is 5.60 Å². The summed E-state index contributed by atoms with van der Waals surface area (Å²) in [6.07, 6.45) is 0. The van der Waals surface area contributed by atoms with Gasteiger partial charge in [-0.15, -0.1) is 0 Å². The van der Waals surface area contributed by atoms with Crippen LogP contribution in [-0.4, -0.2) is 23.3 Å². The van der Waals surface area contributed by atoms with Gasteiger partial charge in [-0.1, -0.05) is 11.6 Å². The van der Waals surface area contributed by atoms with Gasteiger partial charge in [0.15, 0.2) is 18.1 Å². The number of phenols is 1. The van der Waals surface area contributed by atoms with Crippen LogP contribution in [0.2, 0.25) is 5.02 Å². The average molecular weight is 259 g/mol. The number of benzene rings is 1. The minimum absolute atomic E-state index is 0.110. The molecule has 0 aliphatic rings. The van der Waals surface area contributed by atoms with E-state index in [0.717, 1.165) is 0 Å². The number of ether oxygens (including phenoxy) is 2. The predicted octanol–water partition coefficient (Wildman–Crippen LogP) is 2.77. The highest BCUT2D eigenvalue weighted by Gasteiger charge is 2.17. The van der Waals surface area contributed by atoms with Crippen molar-refractivity contribution in [3.05, 3.63) is 23.2 Å². The van der Waals surface area contributed by atoms with E-state index >= 15 is 0 Å². The van der Waals surface area contributed by atoms with E-state index in [1.54, 1.807) is 26.8 Å². The van der Waals surface area contributed by atoms with Gasteiger partial charge in [-0.05, 0) is 32.9 Å². The second-order valence-corrected chi connectivity index (χ2v) is 4.92. The maximum atomic E-state index is 11.4. The average Bonchev–Trinajstić information content (AvgIpc) is 2.13. The standard InChI is InChI=1S/C12H15ClO4/c1-12(2,3)17-11(15)7-16-10-5-4-8(13)6-9(10)14/h4-6,14H,7H2,1-3H3. The third-order valence-electron chi connectivity index (χ3n) is 1.69. The van der Waals surface area contributed by atoms with Crippen molar-refractivity contribution >= 4 is 17.6 Å². The van der Waals surface area contributed by atoms with Crippen molar-refractivity contribution < 1.29 is 19.4 Å². The number of carbonyl (C=O) groups excluding carboxylic acids is 1. The smallest absolute Gasteiger partial charge is 0.344 e. The number of phenolic OH excluding ortho intramolecular Hbond substituents is 1. The quantitative estimate of drug-likeness (QED) is 0.847. The first kappa shape index (κ1) is 13.6. The second kappa shape index (κ2) is 5.27. The highest BCUT2D eigenvalue weighted by Crippen LogP contribution is 2.28. The maximum Gasteiger partial charge on any atom is 0.344 e. The van der Waals surface area contributed by atoms with E-state index in [4.69, 9.17) is 21.1 Å². The van der Waals surface area contributed by atoms with Gasteiger partial charge in [0.25, 0.3) is 0 Å². The fourth-order valence-corrected chi connectivity index (χ4v) is 1.29. The molecule has 0 saturated carbocycles. The lowest BCUT2D eigenvalue weighted by atomic mass is 10.2. The van der Waals surface area contributed by atoms with E-state index in [2.05, 4.69) is 0 Å². The Balaban J connectivity index is 2.53. The summed E-state index contributed by atoms with van der Waals surface area (Å²) in [5.41, 5.74) is -0.553. The Labute approximate surface area is 105 Å². The van der Waals surface area contributed by atoms with Crippen LogP contribution in [-0.2, 0) is 9.53 Å². The maximum absolute atomic E-state index is 11.4. The third-order valence-corrected chi connectivity index (χ3v) is 1.92. The minimum atomic E-state index is -0.553. The molecule has 0 radical (unpaired) electrons. The van der Waals surface area contributed by atoms with Crippen LogP contribution >= 0.6 is 11.6 Å². The number of carbonyl (C=O) groups is 1. The van der Waals surface area contributed by atoms with Crippen molar-refractivity contribution in [1.82, 2.24) is 0 Å². The van der Waals surface area contributed by atoms with Gasteiger partial charge in [-0.3, -0.25) is 0 Å². The van der Waals surface area contributed by atoms with Gasteiger partial charge in [-0.25, -0.2) is 4.79 Å². The molecule has 0 fully saturated rings. The lowest BCUT2D eigenvalue weighted by molar-refractivity contribution is -0.157. The van der Waals surface area contributed by atoms with Crippen molar-refractivity contribution in [3.8, 4) is 11.5 Å². The van der Waals surface area contributed by atoms with Crippen LogP contribution in [0.15, 0.2) is 18.2 Å². The molecule has 4 nitrogen and oxygen atoms in total. The normalized spacial score (nSPS) is 11.1. The Morgan fingerprint density at radius 1 is 1.41 bits per heavy atom. The molecular weight excluding hydrogens is 244 g/mol. The minimum Gasteiger partial charge on any atom is -0.504 e. The van der Waals surface area contributed by atoms with Gasteiger partial charge in [0, 0.05) is 11.1 Å². The zero-order valence-corrected chi connectivity index (χ0v) is 10.7. The summed E-state index contributed by atoms with van der Waals surface area (Å²) in [7, 11) is 0. The molecule has 17 heavy (non-hydrogen) atoms. The monoisotopic (exact) mass is 258 g/mol. The molecule has 1 N–H and O–H groups in total. The van der Waals surface area contributed by atoms with Gasteiger partial charge in [-0.2, -0.15) is 0 Å². The number of rotatable bonds is 3. The fourth-order valence-electron chi connectivity index (χ4n) is 1.12. The van der Waals surface area contributed by atoms with Gasteiger partial charge in [0.05, 0.1) is 0 Å². The van der Waals surface area contributed by atoms with Crippen molar-refractivity contribution in [1.29, 1.82) is 0 Å². The van der Waals surface area contributed by atoms with E-state index < -0.39 is 11.6 Å². The molecule has 0 spiro atoms. The lowest BCUT2D eigenvalue weighted by Crippen LogP contribution is -2.27. The molecule has 0 aliphatic heterocycles. The SMILES string of the molecule is CC(C)(C)OC(=O)COc1ccc(Cl)cc1O. The largest absolute Gasteiger partial charge is 0.504 e. The lowest BCUT2D eigenvalue weighted by Gasteiger charge is -2.19. The molecule has 1 rings (SSSR count). The highest BCUT2D eigenvalue weighted by atomic mass is 35.5. The molecule has 0 unspecified atom stereocenters. The molecule has 94 valence electrons. The van der Waals surface area contributed by atoms with Crippen molar-refractivity contribution in [3.63, 3.8) is 0 Å². The molecule has 0 bridgehead atoms. The van der Waals surface area contributed by atoms with Crippen LogP contribution in [0.25, 0.3) is 0 Å². The molecule has 0 saturated heterocycles. The molecule has 1 aromatic carbocycles. The predicted molar refractivity (Wildman–Crippen MR) is 64.5 cm³/mol. The summed E-state index contributed by atoms with van der Waals surface area (Å²) in [6, 6.07) is 4.39. The zero-order valence-electron chi connectivity index (χ0n) is 9.99. The Hall–Kier alpha value is -1.42. The Bertz CT molecular complexity index is 409. The van der Waals surface area contributed by atoms with Crippen LogP contribution in [0.1, 0.15) is 20.8 Å². The first-order valence-electron chi connectivity index (χ1n) is 5.11.